The van der Waals surface area contributed by atoms with Crippen LogP contribution >= 0.6 is 0 Å². The average molecular weight is 446 g/mol. The van der Waals surface area contributed by atoms with Gasteiger partial charge in [0.25, 0.3) is 5.91 Å². The number of benzene rings is 2. The van der Waals surface area contributed by atoms with Crippen LogP contribution < -0.4 is 19.1 Å². The summed E-state index contributed by atoms with van der Waals surface area (Å²) >= 11 is 0. The maximum absolute atomic E-state index is 12.5. The normalized spacial score (nSPS) is 11.1. The topological polar surface area (TPSA) is 124 Å². The molecule has 0 spiro atoms. The van der Waals surface area contributed by atoms with Crippen molar-refractivity contribution in [3.8, 4) is 22.9 Å². The molecule has 0 unspecified atom stereocenters. The van der Waals surface area contributed by atoms with Crippen LogP contribution in [-0.2, 0) is 16.6 Å². The van der Waals surface area contributed by atoms with Gasteiger partial charge in [-0.15, -0.1) is 0 Å². The van der Waals surface area contributed by atoms with E-state index in [1.54, 1.807) is 43.5 Å². The smallest absolute Gasteiger partial charge is 0.251 e. The van der Waals surface area contributed by atoms with E-state index in [0.29, 0.717) is 34.1 Å². The molecule has 1 heterocycles. The molecule has 164 valence electrons. The molecule has 1 aromatic heterocycles. The monoisotopic (exact) mass is 446 g/mol. The summed E-state index contributed by atoms with van der Waals surface area (Å²) in [5.74, 6) is 1.24. The number of methoxy groups -OCH3 is 2. The molecule has 1 amide bonds. The average Bonchev–Trinajstić information content (AvgIpc) is 3.24. The molecule has 1 N–H and O–H groups in total. The minimum atomic E-state index is -3.44. The maximum Gasteiger partial charge on any atom is 0.251 e. The van der Waals surface area contributed by atoms with Crippen molar-refractivity contribution in [1.29, 1.82) is 0 Å². The number of nitrogens with zero attached hydrogens (tertiary/aromatic N) is 3. The summed E-state index contributed by atoms with van der Waals surface area (Å²) in [5, 5.41) is 6.61. The van der Waals surface area contributed by atoms with Gasteiger partial charge in [0.2, 0.25) is 21.7 Å². The van der Waals surface area contributed by atoms with Crippen molar-refractivity contribution in [1.82, 2.24) is 15.5 Å². The second-order valence-corrected chi connectivity index (χ2v) is 8.56. The van der Waals surface area contributed by atoms with Gasteiger partial charge in [0.1, 0.15) is 11.5 Å². The van der Waals surface area contributed by atoms with E-state index in [-0.39, 0.29) is 12.4 Å². The van der Waals surface area contributed by atoms with Gasteiger partial charge in [0, 0.05) is 18.7 Å². The Bertz CT molecular complexity index is 1190. The number of carbonyl (C=O) groups is 1. The highest BCUT2D eigenvalue weighted by Crippen LogP contribution is 2.31. The Morgan fingerprint density at radius 2 is 1.94 bits per heavy atom. The lowest BCUT2D eigenvalue weighted by atomic mass is 10.2. The van der Waals surface area contributed by atoms with Crippen LogP contribution in [0, 0.1) is 0 Å². The molecule has 0 saturated carbocycles. The zero-order valence-electron chi connectivity index (χ0n) is 17.4. The highest BCUT2D eigenvalue weighted by Gasteiger charge is 2.17. The van der Waals surface area contributed by atoms with E-state index in [9.17, 15) is 13.2 Å². The number of ether oxygens (including phenoxy) is 2. The molecule has 0 aliphatic rings. The fraction of sp³-hybridized carbons (Fsp3) is 0.250. The third-order valence-corrected chi connectivity index (χ3v) is 5.69. The molecule has 10 nitrogen and oxygen atoms in total. The summed E-state index contributed by atoms with van der Waals surface area (Å²) in [5.41, 5.74) is 1.28. The van der Waals surface area contributed by atoms with E-state index in [4.69, 9.17) is 14.0 Å². The van der Waals surface area contributed by atoms with Gasteiger partial charge >= 0.3 is 0 Å². The third kappa shape index (κ3) is 5.12. The van der Waals surface area contributed by atoms with E-state index < -0.39 is 15.9 Å². The summed E-state index contributed by atoms with van der Waals surface area (Å²) in [6.07, 6.45) is 1.09. The summed E-state index contributed by atoms with van der Waals surface area (Å²) in [6.45, 7) is -0.00353. The zero-order valence-corrected chi connectivity index (χ0v) is 18.3. The molecule has 3 rings (SSSR count). The maximum atomic E-state index is 12.5. The summed E-state index contributed by atoms with van der Waals surface area (Å²) in [4.78, 5) is 16.8. The van der Waals surface area contributed by atoms with E-state index in [2.05, 4.69) is 15.5 Å². The number of hydrogen-bond donors (Lipinski definition) is 1. The van der Waals surface area contributed by atoms with E-state index >= 15 is 0 Å². The quantitative estimate of drug-likeness (QED) is 0.558. The number of hydrogen-bond acceptors (Lipinski definition) is 8. The van der Waals surface area contributed by atoms with Crippen molar-refractivity contribution in [2.24, 2.45) is 0 Å². The molecule has 0 saturated heterocycles. The Labute approximate surface area is 179 Å². The molecule has 0 radical (unpaired) electrons. The van der Waals surface area contributed by atoms with Crippen LogP contribution in [0.2, 0.25) is 0 Å². The first-order chi connectivity index (χ1) is 14.7. The van der Waals surface area contributed by atoms with Crippen LogP contribution in [0.1, 0.15) is 16.2 Å². The Morgan fingerprint density at radius 1 is 1.16 bits per heavy atom. The number of carbonyl (C=O) groups excluding carboxylic acids is 1. The Hall–Kier alpha value is -3.60. The van der Waals surface area contributed by atoms with Crippen LogP contribution in [-0.4, -0.2) is 52.0 Å². The summed E-state index contributed by atoms with van der Waals surface area (Å²) < 4.78 is 40.2. The van der Waals surface area contributed by atoms with Gasteiger partial charge in [-0.2, -0.15) is 4.98 Å². The number of nitrogens with one attached hydrogen (secondary N) is 1. The molecule has 0 aliphatic carbocycles. The highest BCUT2D eigenvalue weighted by atomic mass is 32.2. The summed E-state index contributed by atoms with van der Waals surface area (Å²) in [7, 11) is 1.06. The van der Waals surface area contributed by atoms with Gasteiger partial charge in [-0.05, 0) is 30.3 Å². The van der Waals surface area contributed by atoms with Gasteiger partial charge in [-0.25, -0.2) is 8.42 Å². The van der Waals surface area contributed by atoms with E-state index in [1.807, 2.05) is 0 Å². The highest BCUT2D eigenvalue weighted by molar-refractivity contribution is 7.92. The second-order valence-electron chi connectivity index (χ2n) is 6.54. The van der Waals surface area contributed by atoms with Gasteiger partial charge < -0.3 is 19.3 Å². The van der Waals surface area contributed by atoms with Crippen molar-refractivity contribution >= 4 is 21.6 Å². The second kappa shape index (κ2) is 9.04. The molecule has 31 heavy (non-hydrogen) atoms. The molecule has 0 aliphatic heterocycles. The fourth-order valence-electron chi connectivity index (χ4n) is 2.71. The molecule has 0 bridgehead atoms. The molecule has 0 fully saturated rings. The number of anilines is 1. The van der Waals surface area contributed by atoms with Crippen LogP contribution in [0.4, 0.5) is 5.69 Å². The number of rotatable bonds is 8. The minimum Gasteiger partial charge on any atom is -0.497 e. The van der Waals surface area contributed by atoms with Crippen molar-refractivity contribution in [2.45, 2.75) is 6.54 Å². The lowest BCUT2D eigenvalue weighted by Gasteiger charge is -2.17. The largest absolute Gasteiger partial charge is 0.497 e. The van der Waals surface area contributed by atoms with Crippen LogP contribution in [0.25, 0.3) is 11.4 Å². The van der Waals surface area contributed by atoms with Crippen molar-refractivity contribution in [2.75, 3.05) is 31.8 Å². The Kier molecular flexibility index (Phi) is 6.44. The number of aromatic nitrogens is 2. The lowest BCUT2D eigenvalue weighted by molar-refractivity contribution is 0.0946. The molecule has 3 aromatic rings. The minimum absolute atomic E-state index is 0.00353. The van der Waals surface area contributed by atoms with Crippen molar-refractivity contribution < 1.29 is 27.2 Å². The van der Waals surface area contributed by atoms with Gasteiger partial charge in [0.05, 0.1) is 38.3 Å². The standard InChI is InChI=1S/C20H22N4O6S/c1-24(31(4,26)27)14-7-5-6-13(10-14)20(25)21-12-18-22-19(23-30-18)16-9-8-15(28-2)11-17(16)29-3/h5-11H,12H2,1-4H3,(H,21,25). The van der Waals surface area contributed by atoms with Gasteiger partial charge in [-0.1, -0.05) is 11.2 Å². The first-order valence-corrected chi connectivity index (χ1v) is 10.9. The number of amides is 1. The van der Waals surface area contributed by atoms with Crippen molar-refractivity contribution in [3.63, 3.8) is 0 Å². The van der Waals surface area contributed by atoms with E-state index in [0.717, 1.165) is 10.6 Å². The predicted octanol–water partition coefficient (Wildman–Crippen LogP) is 2.08. The Balaban J connectivity index is 1.71. The molecule has 0 atom stereocenters. The van der Waals surface area contributed by atoms with Gasteiger partial charge in [0.15, 0.2) is 0 Å². The Morgan fingerprint density at radius 3 is 2.61 bits per heavy atom. The van der Waals surface area contributed by atoms with Gasteiger partial charge in [-0.3, -0.25) is 9.10 Å². The van der Waals surface area contributed by atoms with Crippen LogP contribution in [0.5, 0.6) is 11.5 Å². The fourth-order valence-corrected chi connectivity index (χ4v) is 3.21. The van der Waals surface area contributed by atoms with Crippen molar-refractivity contribution in [3.05, 3.63) is 53.9 Å². The van der Waals surface area contributed by atoms with E-state index in [1.165, 1.54) is 20.2 Å². The molecule has 2 aromatic carbocycles. The lowest BCUT2D eigenvalue weighted by Crippen LogP contribution is -2.26. The SMILES string of the molecule is COc1ccc(-c2noc(CNC(=O)c3cccc(N(C)S(C)(=O)=O)c3)n2)c(OC)c1. The number of sulfonamides is 1. The molecular weight excluding hydrogens is 424 g/mol. The zero-order chi connectivity index (χ0) is 22.6. The third-order valence-electron chi connectivity index (χ3n) is 4.49. The predicted molar refractivity (Wildman–Crippen MR) is 114 cm³/mol. The molecular formula is C20H22N4O6S. The molecule has 11 heteroatoms. The van der Waals surface area contributed by atoms with Crippen LogP contribution in [0.3, 0.4) is 0 Å². The van der Waals surface area contributed by atoms with Crippen LogP contribution in [0.15, 0.2) is 47.0 Å². The first-order valence-electron chi connectivity index (χ1n) is 9.10. The first kappa shape index (κ1) is 22.1. The summed E-state index contributed by atoms with van der Waals surface area (Å²) in [6, 6.07) is 11.5.